The average Bonchev–Trinajstić information content (AvgIpc) is 2.55. The number of ether oxygens (including phenoxy) is 2. The standard InChI is InChI=1S/C17H32O5Si/c1-5-16(18)19-14-11-13-17(20-6-2)12-9-10-15-23(17,21-7-3)22-8-4/h5H,1,6-15H2,2-4H3. The molecule has 134 valence electrons. The fourth-order valence-electron chi connectivity index (χ4n) is 3.54. The minimum atomic E-state index is -2.45. The maximum atomic E-state index is 11.2. The Morgan fingerprint density at radius 3 is 2.43 bits per heavy atom. The van der Waals surface area contributed by atoms with Crippen molar-refractivity contribution in [2.24, 2.45) is 0 Å². The molecule has 0 aliphatic carbocycles. The first-order chi connectivity index (χ1) is 11.1. The molecule has 1 aliphatic rings. The van der Waals surface area contributed by atoms with Crippen molar-refractivity contribution in [2.75, 3.05) is 26.4 Å². The van der Waals surface area contributed by atoms with E-state index in [0.717, 1.165) is 38.1 Å². The number of carbonyl (C=O) groups is 1. The Hall–Kier alpha value is -0.693. The summed E-state index contributed by atoms with van der Waals surface area (Å²) in [4.78, 5) is 11.2. The maximum absolute atomic E-state index is 11.2. The Balaban J connectivity index is 2.86. The third kappa shape index (κ3) is 5.14. The molecule has 1 fully saturated rings. The summed E-state index contributed by atoms with van der Waals surface area (Å²) in [6.07, 6.45) is 5.96. The van der Waals surface area contributed by atoms with E-state index in [1.165, 1.54) is 6.08 Å². The van der Waals surface area contributed by atoms with Gasteiger partial charge in [0.2, 0.25) is 0 Å². The van der Waals surface area contributed by atoms with Crippen molar-refractivity contribution in [3.05, 3.63) is 12.7 Å². The van der Waals surface area contributed by atoms with Crippen LogP contribution in [0.4, 0.5) is 0 Å². The smallest absolute Gasteiger partial charge is 0.371 e. The van der Waals surface area contributed by atoms with Crippen LogP contribution in [0.15, 0.2) is 12.7 Å². The van der Waals surface area contributed by atoms with Gasteiger partial charge in [-0.25, -0.2) is 4.79 Å². The van der Waals surface area contributed by atoms with Crippen LogP contribution in [0.3, 0.4) is 0 Å². The van der Waals surface area contributed by atoms with Gasteiger partial charge in [0, 0.05) is 25.9 Å². The highest BCUT2D eigenvalue weighted by Crippen LogP contribution is 2.43. The molecule has 5 nitrogen and oxygen atoms in total. The normalized spacial score (nSPS) is 23.4. The van der Waals surface area contributed by atoms with Crippen molar-refractivity contribution in [1.82, 2.24) is 0 Å². The number of hydrogen-bond acceptors (Lipinski definition) is 5. The first-order valence-electron chi connectivity index (χ1n) is 8.80. The van der Waals surface area contributed by atoms with Crippen LogP contribution in [0.5, 0.6) is 0 Å². The van der Waals surface area contributed by atoms with Gasteiger partial charge < -0.3 is 18.3 Å². The molecular formula is C17H32O5Si. The van der Waals surface area contributed by atoms with Crippen LogP contribution in [0.2, 0.25) is 6.04 Å². The van der Waals surface area contributed by atoms with Crippen molar-refractivity contribution in [2.45, 2.75) is 64.1 Å². The Morgan fingerprint density at radius 2 is 1.87 bits per heavy atom. The molecule has 1 saturated heterocycles. The van der Waals surface area contributed by atoms with Crippen molar-refractivity contribution in [3.63, 3.8) is 0 Å². The molecule has 0 spiro atoms. The topological polar surface area (TPSA) is 54.0 Å². The predicted octanol–water partition coefficient (Wildman–Crippen LogP) is 3.51. The van der Waals surface area contributed by atoms with E-state index in [9.17, 15) is 4.79 Å². The number of rotatable bonds is 11. The summed E-state index contributed by atoms with van der Waals surface area (Å²) in [5, 5.41) is -0.341. The fourth-order valence-corrected chi connectivity index (χ4v) is 8.02. The zero-order valence-corrected chi connectivity index (χ0v) is 15.9. The molecule has 23 heavy (non-hydrogen) atoms. The van der Waals surface area contributed by atoms with Gasteiger partial charge in [-0.15, -0.1) is 0 Å². The van der Waals surface area contributed by atoms with E-state index in [1.54, 1.807) is 0 Å². The largest absolute Gasteiger partial charge is 0.463 e. The Morgan fingerprint density at radius 1 is 1.17 bits per heavy atom. The van der Waals surface area contributed by atoms with Gasteiger partial charge in [0.05, 0.1) is 6.61 Å². The third-order valence-corrected chi connectivity index (χ3v) is 8.90. The quantitative estimate of drug-likeness (QED) is 0.248. The van der Waals surface area contributed by atoms with E-state index < -0.39 is 8.56 Å². The lowest BCUT2D eigenvalue weighted by Crippen LogP contribution is -2.66. The fraction of sp³-hybridized carbons (Fsp3) is 0.824. The van der Waals surface area contributed by atoms with E-state index in [0.29, 0.717) is 26.4 Å². The van der Waals surface area contributed by atoms with E-state index in [-0.39, 0.29) is 11.2 Å². The second kappa shape index (κ2) is 10.2. The van der Waals surface area contributed by atoms with Crippen molar-refractivity contribution in [1.29, 1.82) is 0 Å². The van der Waals surface area contributed by atoms with Gasteiger partial charge in [0.25, 0.3) is 0 Å². The molecule has 0 radical (unpaired) electrons. The second-order valence-corrected chi connectivity index (χ2v) is 9.22. The molecule has 1 heterocycles. The third-order valence-electron chi connectivity index (χ3n) is 4.34. The minimum absolute atomic E-state index is 0.341. The molecule has 0 aromatic rings. The summed E-state index contributed by atoms with van der Waals surface area (Å²) in [7, 11) is -2.45. The molecule has 1 unspecified atom stereocenters. The van der Waals surface area contributed by atoms with Crippen LogP contribution >= 0.6 is 0 Å². The van der Waals surface area contributed by atoms with Crippen LogP contribution in [0.1, 0.15) is 52.9 Å². The van der Waals surface area contributed by atoms with Crippen LogP contribution < -0.4 is 0 Å². The molecule has 0 N–H and O–H groups in total. The van der Waals surface area contributed by atoms with Gasteiger partial charge in [-0.05, 0) is 46.1 Å². The van der Waals surface area contributed by atoms with E-state index >= 15 is 0 Å². The molecule has 0 bridgehead atoms. The number of hydrogen-bond donors (Lipinski definition) is 0. The summed E-state index contributed by atoms with van der Waals surface area (Å²) >= 11 is 0. The van der Waals surface area contributed by atoms with Gasteiger partial charge in [-0.1, -0.05) is 19.4 Å². The molecule has 1 rings (SSSR count). The van der Waals surface area contributed by atoms with E-state index in [4.69, 9.17) is 18.3 Å². The molecule has 6 heteroatoms. The average molecular weight is 345 g/mol. The Kier molecular flexibility index (Phi) is 9.05. The van der Waals surface area contributed by atoms with Gasteiger partial charge in [-0.2, -0.15) is 0 Å². The zero-order valence-electron chi connectivity index (χ0n) is 14.9. The highest BCUT2D eigenvalue weighted by atomic mass is 28.4. The zero-order chi connectivity index (χ0) is 17.2. The lowest BCUT2D eigenvalue weighted by molar-refractivity contribution is -0.138. The number of carbonyl (C=O) groups excluding carboxylic acids is 1. The molecule has 0 amide bonds. The molecule has 1 atom stereocenters. The SMILES string of the molecule is C=CC(=O)OCCCC1(OCC)CCCC[Si]1(OCC)OCC. The summed E-state index contributed by atoms with van der Waals surface area (Å²) in [5.74, 6) is -0.378. The van der Waals surface area contributed by atoms with E-state index in [2.05, 4.69) is 6.58 Å². The molecule has 0 saturated carbocycles. The molecule has 0 aromatic carbocycles. The monoisotopic (exact) mass is 344 g/mol. The maximum Gasteiger partial charge on any atom is 0.371 e. The lowest BCUT2D eigenvalue weighted by atomic mass is 10.1. The Bertz CT molecular complexity index is 358. The van der Waals surface area contributed by atoms with Crippen LogP contribution in [-0.2, 0) is 23.1 Å². The summed E-state index contributed by atoms with van der Waals surface area (Å²) in [6.45, 7) is 11.8. The first kappa shape index (κ1) is 20.4. The van der Waals surface area contributed by atoms with Gasteiger partial charge >= 0.3 is 14.5 Å². The van der Waals surface area contributed by atoms with Crippen molar-refractivity contribution in [3.8, 4) is 0 Å². The molecule has 1 aliphatic heterocycles. The highest BCUT2D eigenvalue weighted by Gasteiger charge is 2.59. The van der Waals surface area contributed by atoms with Gasteiger partial charge in [0.1, 0.15) is 5.22 Å². The van der Waals surface area contributed by atoms with Crippen LogP contribution in [0, 0.1) is 0 Å². The van der Waals surface area contributed by atoms with Crippen molar-refractivity contribution < 1.29 is 23.1 Å². The highest BCUT2D eigenvalue weighted by molar-refractivity contribution is 6.70. The summed E-state index contributed by atoms with van der Waals surface area (Å²) in [5.41, 5.74) is 0. The Labute approximate surface area is 141 Å². The predicted molar refractivity (Wildman–Crippen MR) is 92.4 cm³/mol. The second-order valence-electron chi connectivity index (χ2n) is 5.73. The summed E-state index contributed by atoms with van der Waals surface area (Å²) < 4.78 is 23.9. The van der Waals surface area contributed by atoms with Gasteiger partial charge in [0.15, 0.2) is 0 Å². The summed E-state index contributed by atoms with van der Waals surface area (Å²) in [6, 6.07) is 0.973. The van der Waals surface area contributed by atoms with E-state index in [1.807, 2.05) is 20.8 Å². The molecular weight excluding hydrogens is 312 g/mol. The van der Waals surface area contributed by atoms with Crippen LogP contribution in [-0.4, -0.2) is 46.2 Å². The van der Waals surface area contributed by atoms with Gasteiger partial charge in [-0.3, -0.25) is 0 Å². The lowest BCUT2D eigenvalue weighted by Gasteiger charge is -2.49. The first-order valence-corrected chi connectivity index (χ1v) is 10.8. The number of esters is 1. The van der Waals surface area contributed by atoms with Crippen LogP contribution in [0.25, 0.3) is 0 Å². The minimum Gasteiger partial charge on any atom is -0.463 e. The van der Waals surface area contributed by atoms with Crippen molar-refractivity contribution >= 4 is 14.5 Å². The molecule has 0 aromatic heterocycles.